The van der Waals surface area contributed by atoms with Crippen molar-refractivity contribution < 1.29 is 20.7 Å². The van der Waals surface area contributed by atoms with E-state index in [4.69, 9.17) is 0 Å². The standard InChI is InChI=1S/C6H4NO2.Co/c8-7(9)6-4-2-1-3-5-6;/h2-5H;. The summed E-state index contributed by atoms with van der Waals surface area (Å²) in [5, 5.41) is 10.1. The summed E-state index contributed by atoms with van der Waals surface area (Å²) in [6.07, 6.45) is 0. The molecule has 1 rings (SSSR count). The number of nitro groups is 1. The molecule has 0 unspecified atom stereocenters. The fourth-order valence-corrected chi connectivity index (χ4v) is 0.729. The van der Waals surface area contributed by atoms with Crippen molar-refractivity contribution in [1.29, 1.82) is 0 Å². The van der Waals surface area contributed by atoms with Gasteiger partial charge >= 0.3 is 65.2 Å². The van der Waals surface area contributed by atoms with Crippen LogP contribution in [0.4, 0.5) is 5.69 Å². The summed E-state index contributed by atoms with van der Waals surface area (Å²) in [6, 6.07) is 6.00. The molecule has 0 bridgehead atoms. The van der Waals surface area contributed by atoms with Gasteiger partial charge in [0.05, 0.1) is 0 Å². The molecule has 0 aromatic heterocycles. The topological polar surface area (TPSA) is 43.1 Å². The predicted octanol–water partition coefficient (Wildman–Crippen LogP) is 0.767. The van der Waals surface area contributed by atoms with Gasteiger partial charge in [0.1, 0.15) is 0 Å². The summed E-state index contributed by atoms with van der Waals surface area (Å²) >= 11 is 4.02. The molecule has 0 saturated carbocycles. The van der Waals surface area contributed by atoms with E-state index in [-0.39, 0.29) is 5.69 Å². The van der Waals surface area contributed by atoms with Crippen LogP contribution < -0.4 is 4.50 Å². The second-order valence-electron chi connectivity index (χ2n) is 1.71. The minimum atomic E-state index is -0.438. The van der Waals surface area contributed by atoms with Gasteiger partial charge in [0.15, 0.2) is 0 Å². The second kappa shape index (κ2) is 2.81. The Hall–Kier alpha value is -0.874. The second-order valence-corrected chi connectivity index (χ2v) is 2.31. The maximum atomic E-state index is 10.1. The number of hydrogen-bond acceptors (Lipinski definition) is 2. The van der Waals surface area contributed by atoms with Crippen molar-refractivity contribution in [2.75, 3.05) is 0 Å². The van der Waals surface area contributed by atoms with Crippen LogP contribution in [-0.4, -0.2) is 4.92 Å². The number of nitro benzene ring substituents is 1. The Morgan fingerprint density at radius 3 is 2.20 bits per heavy atom. The van der Waals surface area contributed by atoms with Gasteiger partial charge in [-0.25, -0.2) is 0 Å². The van der Waals surface area contributed by atoms with Gasteiger partial charge in [-0.05, 0) is 0 Å². The zero-order chi connectivity index (χ0) is 7.56. The number of hydrogen-bond donors (Lipinski definition) is 0. The van der Waals surface area contributed by atoms with Crippen LogP contribution in [0.25, 0.3) is 0 Å². The van der Waals surface area contributed by atoms with Gasteiger partial charge in [0.25, 0.3) is 0 Å². The molecule has 0 amide bonds. The molecule has 3 nitrogen and oxygen atoms in total. The normalized spacial score (nSPS) is 9.40. The van der Waals surface area contributed by atoms with Crippen LogP contribution in [-0.2, 0) is 15.7 Å². The Bertz CT molecular complexity index is 244. The Balaban J connectivity index is 3.00. The Morgan fingerprint density at radius 2 is 1.80 bits per heavy atom. The predicted molar refractivity (Wildman–Crippen MR) is 32.7 cm³/mol. The van der Waals surface area contributed by atoms with Gasteiger partial charge < -0.3 is 0 Å². The van der Waals surface area contributed by atoms with E-state index >= 15 is 0 Å². The number of nitrogens with zero attached hydrogens (tertiary/aromatic N) is 1. The van der Waals surface area contributed by atoms with E-state index in [0.717, 1.165) is 4.50 Å². The molecule has 0 spiro atoms. The van der Waals surface area contributed by atoms with Crippen molar-refractivity contribution in [3.8, 4) is 0 Å². The summed E-state index contributed by atoms with van der Waals surface area (Å²) in [4.78, 5) is 9.65. The van der Waals surface area contributed by atoms with Crippen molar-refractivity contribution >= 4 is 10.2 Å². The zero-order valence-electron chi connectivity index (χ0n) is 4.91. The van der Waals surface area contributed by atoms with Crippen LogP contribution in [0.1, 0.15) is 0 Å². The zero-order valence-corrected chi connectivity index (χ0v) is 5.95. The van der Waals surface area contributed by atoms with E-state index in [2.05, 4.69) is 15.7 Å². The van der Waals surface area contributed by atoms with Gasteiger partial charge in [-0.2, -0.15) is 0 Å². The van der Waals surface area contributed by atoms with E-state index < -0.39 is 4.92 Å². The molecule has 10 heavy (non-hydrogen) atoms. The quantitative estimate of drug-likeness (QED) is 0.474. The molecule has 0 aliphatic heterocycles. The van der Waals surface area contributed by atoms with Crippen LogP contribution >= 0.6 is 0 Å². The van der Waals surface area contributed by atoms with Gasteiger partial charge in [0.2, 0.25) is 0 Å². The third-order valence-electron chi connectivity index (χ3n) is 1.02. The monoisotopic (exact) mass is 181 g/mol. The first-order valence-corrected chi connectivity index (χ1v) is 3.10. The first kappa shape index (κ1) is 7.24. The summed E-state index contributed by atoms with van der Waals surface area (Å²) < 4.78 is 0.720. The van der Waals surface area contributed by atoms with Crippen LogP contribution in [0.2, 0.25) is 0 Å². The third-order valence-corrected chi connectivity index (χ3v) is 1.37. The number of rotatable bonds is 1. The van der Waals surface area contributed by atoms with E-state index in [1.807, 2.05) is 0 Å². The summed E-state index contributed by atoms with van der Waals surface area (Å²) in [7, 11) is 0. The Kier molecular flexibility index (Phi) is 2.03. The van der Waals surface area contributed by atoms with Crippen LogP contribution in [0, 0.1) is 10.1 Å². The van der Waals surface area contributed by atoms with Gasteiger partial charge in [-0.3, -0.25) is 0 Å². The molecule has 0 saturated heterocycles. The van der Waals surface area contributed by atoms with E-state index in [1.165, 1.54) is 12.1 Å². The molecular formula is C6H4CoNO2. The van der Waals surface area contributed by atoms with Crippen LogP contribution in [0.3, 0.4) is 0 Å². The molecule has 1 aromatic rings. The van der Waals surface area contributed by atoms with Gasteiger partial charge in [-0.15, -0.1) is 0 Å². The first-order chi connectivity index (χ1) is 4.70. The van der Waals surface area contributed by atoms with Crippen LogP contribution in [0.5, 0.6) is 0 Å². The minimum absolute atomic E-state index is 0.0941. The van der Waals surface area contributed by atoms with Gasteiger partial charge in [-0.1, -0.05) is 0 Å². The summed E-state index contributed by atoms with van der Waals surface area (Å²) in [5.74, 6) is 0. The maximum absolute atomic E-state index is 10.1. The third kappa shape index (κ3) is 1.55. The number of non-ortho nitro benzene ring substituents is 1. The molecule has 0 fully saturated rings. The molecule has 1 aromatic carbocycles. The van der Waals surface area contributed by atoms with Crippen molar-refractivity contribution in [3.63, 3.8) is 0 Å². The summed E-state index contributed by atoms with van der Waals surface area (Å²) in [5.41, 5.74) is 0.0941. The first-order valence-electron chi connectivity index (χ1n) is 2.58. The Morgan fingerprint density at radius 1 is 1.30 bits per heavy atom. The summed E-state index contributed by atoms with van der Waals surface area (Å²) in [6.45, 7) is 0. The molecule has 0 aliphatic rings. The molecule has 0 atom stereocenters. The fourth-order valence-electron chi connectivity index (χ4n) is 0.555. The SMILES string of the molecule is O=[N+]([O-])c1cc[c]([Co])cc1. The molecule has 0 N–H and O–H groups in total. The number of benzene rings is 1. The molecule has 0 aliphatic carbocycles. The van der Waals surface area contributed by atoms with E-state index in [1.54, 1.807) is 12.1 Å². The van der Waals surface area contributed by atoms with E-state index in [0.29, 0.717) is 0 Å². The molecule has 0 radical (unpaired) electrons. The van der Waals surface area contributed by atoms with Crippen molar-refractivity contribution in [2.45, 2.75) is 0 Å². The Labute approximate surface area is 65.8 Å². The molecule has 0 heterocycles. The van der Waals surface area contributed by atoms with Crippen LogP contribution in [0.15, 0.2) is 24.3 Å². The van der Waals surface area contributed by atoms with Crippen molar-refractivity contribution in [2.24, 2.45) is 0 Å². The van der Waals surface area contributed by atoms with Gasteiger partial charge in [0, 0.05) is 0 Å². The molecule has 54 valence electrons. The average molecular weight is 181 g/mol. The van der Waals surface area contributed by atoms with Crippen molar-refractivity contribution in [3.05, 3.63) is 34.4 Å². The average Bonchev–Trinajstić information content (AvgIpc) is 1.88. The molecular weight excluding hydrogens is 177 g/mol. The fraction of sp³-hybridized carbons (Fsp3) is 0. The van der Waals surface area contributed by atoms with Crippen molar-refractivity contribution in [1.82, 2.24) is 0 Å². The van der Waals surface area contributed by atoms with E-state index in [9.17, 15) is 10.1 Å². The molecule has 4 heteroatoms.